The molecule has 0 aromatic rings. The van der Waals surface area contributed by atoms with Gasteiger partial charge in [-0.1, -0.05) is 39.5 Å². The third-order valence-corrected chi connectivity index (χ3v) is 3.22. The van der Waals surface area contributed by atoms with Gasteiger partial charge >= 0.3 is 0 Å². The molecule has 1 aliphatic heterocycles. The van der Waals surface area contributed by atoms with Crippen molar-refractivity contribution in [2.45, 2.75) is 58.0 Å². The van der Waals surface area contributed by atoms with Crippen molar-refractivity contribution in [1.82, 2.24) is 0 Å². The van der Waals surface area contributed by atoms with Gasteiger partial charge in [0.2, 0.25) is 0 Å². The highest BCUT2D eigenvalue weighted by Crippen LogP contribution is 2.25. The Kier molecular flexibility index (Phi) is 5.49. The Hall–Kier alpha value is -0.0800. The first kappa shape index (κ1) is 12.0. The Labute approximate surface area is 88.4 Å². The quantitative estimate of drug-likeness (QED) is 0.694. The van der Waals surface area contributed by atoms with Gasteiger partial charge in [0.15, 0.2) is 0 Å². The molecule has 14 heavy (non-hydrogen) atoms. The third kappa shape index (κ3) is 3.58. The SMILES string of the molecule is CCCCC1(CCCC)C[NH2+]CCO1. The summed E-state index contributed by atoms with van der Waals surface area (Å²) in [6, 6.07) is 0. The second kappa shape index (κ2) is 6.41. The van der Waals surface area contributed by atoms with E-state index in [9.17, 15) is 0 Å². The van der Waals surface area contributed by atoms with Gasteiger partial charge in [0.25, 0.3) is 0 Å². The Morgan fingerprint density at radius 2 is 1.79 bits per heavy atom. The molecule has 2 heteroatoms. The summed E-state index contributed by atoms with van der Waals surface area (Å²) in [6.07, 6.45) is 7.74. The predicted molar refractivity (Wildman–Crippen MR) is 59.4 cm³/mol. The predicted octanol–water partition coefficient (Wildman–Crippen LogP) is 1.70. The second-order valence-corrected chi connectivity index (χ2v) is 4.52. The molecule has 84 valence electrons. The van der Waals surface area contributed by atoms with Crippen LogP contribution in [0.2, 0.25) is 0 Å². The summed E-state index contributed by atoms with van der Waals surface area (Å²) in [5.41, 5.74) is 0.226. The lowest BCUT2D eigenvalue weighted by molar-refractivity contribution is -0.686. The van der Waals surface area contributed by atoms with Gasteiger partial charge in [0, 0.05) is 0 Å². The monoisotopic (exact) mass is 200 g/mol. The number of ether oxygens (including phenoxy) is 1. The average molecular weight is 200 g/mol. The molecular formula is C12H26NO+. The minimum atomic E-state index is 0.226. The molecule has 0 spiro atoms. The van der Waals surface area contributed by atoms with E-state index in [0.717, 1.165) is 13.2 Å². The van der Waals surface area contributed by atoms with E-state index in [1.165, 1.54) is 45.1 Å². The topological polar surface area (TPSA) is 25.8 Å². The number of hydrogen-bond acceptors (Lipinski definition) is 1. The van der Waals surface area contributed by atoms with E-state index in [0.29, 0.717) is 0 Å². The van der Waals surface area contributed by atoms with E-state index >= 15 is 0 Å². The normalized spacial score (nSPS) is 21.0. The zero-order chi connectivity index (χ0) is 10.3. The Bertz CT molecular complexity index is 131. The zero-order valence-electron chi connectivity index (χ0n) is 9.85. The number of unbranched alkanes of at least 4 members (excludes halogenated alkanes) is 2. The van der Waals surface area contributed by atoms with E-state index in [1.807, 2.05) is 0 Å². The largest absolute Gasteiger partial charge is 0.363 e. The van der Waals surface area contributed by atoms with Crippen LogP contribution in [-0.4, -0.2) is 25.3 Å². The van der Waals surface area contributed by atoms with Gasteiger partial charge < -0.3 is 10.1 Å². The molecule has 0 unspecified atom stereocenters. The van der Waals surface area contributed by atoms with Crippen LogP contribution < -0.4 is 5.32 Å². The van der Waals surface area contributed by atoms with E-state index in [1.54, 1.807) is 0 Å². The molecule has 2 N–H and O–H groups in total. The van der Waals surface area contributed by atoms with Crippen molar-refractivity contribution in [3.05, 3.63) is 0 Å². The van der Waals surface area contributed by atoms with Crippen LogP contribution in [0.4, 0.5) is 0 Å². The second-order valence-electron chi connectivity index (χ2n) is 4.52. The van der Waals surface area contributed by atoms with Crippen molar-refractivity contribution in [2.75, 3.05) is 19.7 Å². The molecule has 0 aromatic carbocycles. The summed E-state index contributed by atoms with van der Waals surface area (Å²) < 4.78 is 6.04. The maximum Gasteiger partial charge on any atom is 0.117 e. The summed E-state index contributed by atoms with van der Waals surface area (Å²) >= 11 is 0. The number of hydrogen-bond donors (Lipinski definition) is 1. The van der Waals surface area contributed by atoms with Crippen molar-refractivity contribution in [2.24, 2.45) is 0 Å². The molecule has 2 nitrogen and oxygen atoms in total. The fourth-order valence-electron chi connectivity index (χ4n) is 2.25. The molecule has 0 aromatic heterocycles. The van der Waals surface area contributed by atoms with Crippen LogP contribution in [-0.2, 0) is 4.74 Å². The molecule has 0 atom stereocenters. The maximum absolute atomic E-state index is 6.04. The molecule has 0 bridgehead atoms. The molecule has 1 aliphatic rings. The van der Waals surface area contributed by atoms with E-state index in [2.05, 4.69) is 19.2 Å². The van der Waals surface area contributed by atoms with Crippen molar-refractivity contribution in [3.8, 4) is 0 Å². The summed E-state index contributed by atoms with van der Waals surface area (Å²) in [7, 11) is 0. The number of rotatable bonds is 6. The van der Waals surface area contributed by atoms with E-state index in [4.69, 9.17) is 4.74 Å². The third-order valence-electron chi connectivity index (χ3n) is 3.22. The fourth-order valence-corrected chi connectivity index (χ4v) is 2.25. The number of quaternary nitrogens is 1. The summed E-state index contributed by atoms with van der Waals surface area (Å²) in [6.45, 7) is 7.82. The molecule has 0 radical (unpaired) electrons. The minimum Gasteiger partial charge on any atom is -0.363 e. The lowest BCUT2D eigenvalue weighted by Crippen LogP contribution is -2.91. The number of morpholine rings is 1. The zero-order valence-corrected chi connectivity index (χ0v) is 9.85. The van der Waals surface area contributed by atoms with Gasteiger partial charge in [-0.2, -0.15) is 0 Å². The van der Waals surface area contributed by atoms with Gasteiger partial charge in [-0.15, -0.1) is 0 Å². The molecular weight excluding hydrogens is 174 g/mol. The van der Waals surface area contributed by atoms with Crippen LogP contribution in [0.5, 0.6) is 0 Å². The van der Waals surface area contributed by atoms with Crippen molar-refractivity contribution < 1.29 is 10.1 Å². The Morgan fingerprint density at radius 3 is 2.21 bits per heavy atom. The van der Waals surface area contributed by atoms with Crippen molar-refractivity contribution in [3.63, 3.8) is 0 Å². The molecule has 1 fully saturated rings. The average Bonchev–Trinajstić information content (AvgIpc) is 2.25. The minimum absolute atomic E-state index is 0.226. The fraction of sp³-hybridized carbons (Fsp3) is 1.00. The molecule has 0 aliphatic carbocycles. The highest BCUT2D eigenvalue weighted by Gasteiger charge is 2.34. The van der Waals surface area contributed by atoms with Gasteiger partial charge in [0.05, 0.1) is 13.2 Å². The molecule has 1 heterocycles. The van der Waals surface area contributed by atoms with Crippen LogP contribution in [0.15, 0.2) is 0 Å². The van der Waals surface area contributed by atoms with Gasteiger partial charge in [-0.25, -0.2) is 0 Å². The first-order valence-corrected chi connectivity index (χ1v) is 6.28. The van der Waals surface area contributed by atoms with E-state index < -0.39 is 0 Å². The molecule has 1 rings (SSSR count). The number of nitrogens with two attached hydrogens (primary N) is 1. The van der Waals surface area contributed by atoms with Crippen LogP contribution >= 0.6 is 0 Å². The van der Waals surface area contributed by atoms with Gasteiger partial charge in [0.1, 0.15) is 12.1 Å². The van der Waals surface area contributed by atoms with Gasteiger partial charge in [-0.3, -0.25) is 0 Å². The lowest BCUT2D eigenvalue weighted by atomic mass is 9.89. The van der Waals surface area contributed by atoms with Gasteiger partial charge in [-0.05, 0) is 12.8 Å². The lowest BCUT2D eigenvalue weighted by Gasteiger charge is -2.35. The summed E-state index contributed by atoms with van der Waals surface area (Å²) in [4.78, 5) is 0. The van der Waals surface area contributed by atoms with Crippen molar-refractivity contribution in [1.29, 1.82) is 0 Å². The summed E-state index contributed by atoms with van der Waals surface area (Å²) in [5.74, 6) is 0. The molecule has 0 saturated carbocycles. The van der Waals surface area contributed by atoms with E-state index in [-0.39, 0.29) is 5.60 Å². The van der Waals surface area contributed by atoms with Crippen LogP contribution in [0.25, 0.3) is 0 Å². The highest BCUT2D eigenvalue weighted by atomic mass is 16.5. The van der Waals surface area contributed by atoms with Crippen LogP contribution in [0.1, 0.15) is 52.4 Å². The smallest absolute Gasteiger partial charge is 0.117 e. The first-order chi connectivity index (χ1) is 6.83. The Balaban J connectivity index is 2.39. The van der Waals surface area contributed by atoms with Crippen LogP contribution in [0, 0.1) is 0 Å². The van der Waals surface area contributed by atoms with Crippen molar-refractivity contribution >= 4 is 0 Å². The maximum atomic E-state index is 6.04. The standard InChI is InChI=1S/C12H25NO/c1-3-5-7-12(8-6-4-2)11-13-9-10-14-12/h13H,3-11H2,1-2H3/p+1. The highest BCUT2D eigenvalue weighted by molar-refractivity contribution is 4.81. The Morgan fingerprint density at radius 1 is 1.14 bits per heavy atom. The summed E-state index contributed by atoms with van der Waals surface area (Å²) in [5, 5.41) is 2.43. The van der Waals surface area contributed by atoms with Crippen LogP contribution in [0.3, 0.4) is 0 Å². The molecule has 0 amide bonds. The first-order valence-electron chi connectivity index (χ1n) is 6.28. The molecule has 1 saturated heterocycles.